The summed E-state index contributed by atoms with van der Waals surface area (Å²) in [4.78, 5) is 12.6. The van der Waals surface area contributed by atoms with Crippen molar-refractivity contribution in [3.63, 3.8) is 0 Å². The third-order valence-electron chi connectivity index (χ3n) is 6.20. The highest BCUT2D eigenvalue weighted by Crippen LogP contribution is 2.48. The fraction of sp³-hybridized carbons (Fsp3) is 0.333. The van der Waals surface area contributed by atoms with Crippen LogP contribution in [-0.2, 0) is 6.42 Å². The number of aromatic nitrogens is 1. The Bertz CT molecular complexity index is 977. The lowest BCUT2D eigenvalue weighted by Gasteiger charge is -2.52. The molecule has 3 aromatic rings. The molecule has 29 heavy (non-hydrogen) atoms. The van der Waals surface area contributed by atoms with E-state index < -0.39 is 0 Å². The topological polar surface area (TPSA) is 64.4 Å². The zero-order chi connectivity index (χ0) is 20.4. The van der Waals surface area contributed by atoms with Gasteiger partial charge in [-0.05, 0) is 48.4 Å². The van der Waals surface area contributed by atoms with Gasteiger partial charge in [-0.2, -0.15) is 0 Å². The Morgan fingerprint density at radius 3 is 2.55 bits per heavy atom. The van der Waals surface area contributed by atoms with E-state index in [0.29, 0.717) is 11.5 Å². The number of benzene rings is 2. The summed E-state index contributed by atoms with van der Waals surface area (Å²) in [6.07, 6.45) is 1.78. The first-order valence-corrected chi connectivity index (χ1v) is 9.93. The number of rotatable bonds is 6. The minimum absolute atomic E-state index is 0.00596. The molecule has 2 aromatic carbocycles. The van der Waals surface area contributed by atoms with Gasteiger partial charge in [0.1, 0.15) is 5.75 Å². The van der Waals surface area contributed by atoms with E-state index in [2.05, 4.69) is 24.3 Å². The van der Waals surface area contributed by atoms with Crippen molar-refractivity contribution in [2.24, 2.45) is 11.3 Å². The lowest BCUT2D eigenvalue weighted by Crippen LogP contribution is -2.58. The van der Waals surface area contributed by atoms with Gasteiger partial charge in [0.05, 0.1) is 12.8 Å². The van der Waals surface area contributed by atoms with Gasteiger partial charge < -0.3 is 14.6 Å². The molecule has 1 heterocycles. The van der Waals surface area contributed by atoms with Crippen molar-refractivity contribution in [3.05, 3.63) is 71.9 Å². The molecule has 2 atom stereocenters. The highest BCUT2D eigenvalue weighted by atomic mass is 16.5. The SMILES string of the molecule is COc1ccc(C(=O)NC2CC(Cc3cc(-c4ccccc4)on3)C2(C)C)cc1. The number of ether oxygens (including phenoxy) is 1. The molecule has 5 nitrogen and oxygen atoms in total. The molecule has 1 N–H and O–H groups in total. The largest absolute Gasteiger partial charge is 0.497 e. The van der Waals surface area contributed by atoms with Crippen LogP contribution in [0.2, 0.25) is 0 Å². The molecule has 0 radical (unpaired) electrons. The number of hydrogen-bond donors (Lipinski definition) is 1. The van der Waals surface area contributed by atoms with E-state index in [4.69, 9.17) is 9.26 Å². The van der Waals surface area contributed by atoms with Gasteiger partial charge in [0.15, 0.2) is 5.76 Å². The Kier molecular flexibility index (Phi) is 5.14. The van der Waals surface area contributed by atoms with Crippen molar-refractivity contribution in [1.82, 2.24) is 10.5 Å². The maximum atomic E-state index is 12.6. The molecular weight excluding hydrogens is 364 g/mol. The van der Waals surface area contributed by atoms with Gasteiger partial charge in [-0.1, -0.05) is 49.3 Å². The molecule has 1 aliphatic rings. The van der Waals surface area contributed by atoms with Gasteiger partial charge in [-0.3, -0.25) is 4.79 Å². The van der Waals surface area contributed by atoms with Crippen LogP contribution in [0.25, 0.3) is 11.3 Å². The molecule has 1 saturated carbocycles. The summed E-state index contributed by atoms with van der Waals surface area (Å²) in [5.74, 6) is 1.93. The van der Waals surface area contributed by atoms with Crippen molar-refractivity contribution in [2.45, 2.75) is 32.7 Å². The molecule has 0 aliphatic heterocycles. The van der Waals surface area contributed by atoms with Crippen LogP contribution in [0.15, 0.2) is 65.2 Å². The van der Waals surface area contributed by atoms with Crippen LogP contribution < -0.4 is 10.1 Å². The smallest absolute Gasteiger partial charge is 0.251 e. The number of hydrogen-bond acceptors (Lipinski definition) is 4. The third-order valence-corrected chi connectivity index (χ3v) is 6.20. The van der Waals surface area contributed by atoms with E-state index in [1.807, 2.05) is 36.4 Å². The number of methoxy groups -OCH3 is 1. The summed E-state index contributed by atoms with van der Waals surface area (Å²) in [5.41, 5.74) is 2.63. The second kappa shape index (κ2) is 7.74. The van der Waals surface area contributed by atoms with Crippen molar-refractivity contribution >= 4 is 5.91 Å². The standard InChI is InChI=1S/C24H26N2O3/c1-24(2)18(13-19-15-21(29-26-19)16-7-5-4-6-8-16)14-22(24)25-23(27)17-9-11-20(28-3)12-10-17/h4-12,15,18,22H,13-14H2,1-3H3,(H,25,27). The third kappa shape index (κ3) is 3.90. The highest BCUT2D eigenvalue weighted by molar-refractivity contribution is 5.94. The molecule has 0 saturated heterocycles. The molecule has 2 unspecified atom stereocenters. The molecule has 5 heteroatoms. The van der Waals surface area contributed by atoms with E-state index in [1.54, 1.807) is 31.4 Å². The summed E-state index contributed by atoms with van der Waals surface area (Å²) in [6.45, 7) is 4.41. The van der Waals surface area contributed by atoms with Crippen molar-refractivity contribution < 1.29 is 14.1 Å². The second-order valence-corrected chi connectivity index (χ2v) is 8.26. The van der Waals surface area contributed by atoms with Crippen LogP contribution >= 0.6 is 0 Å². The summed E-state index contributed by atoms with van der Waals surface area (Å²) in [7, 11) is 1.61. The van der Waals surface area contributed by atoms with Crippen LogP contribution in [-0.4, -0.2) is 24.2 Å². The summed E-state index contributed by atoms with van der Waals surface area (Å²) in [6, 6.07) is 19.3. The maximum absolute atomic E-state index is 12.6. The van der Waals surface area contributed by atoms with Gasteiger partial charge >= 0.3 is 0 Å². The zero-order valence-electron chi connectivity index (χ0n) is 17.0. The lowest BCUT2D eigenvalue weighted by molar-refractivity contribution is 0.0138. The molecule has 1 aliphatic carbocycles. The van der Waals surface area contributed by atoms with Crippen molar-refractivity contribution in [2.75, 3.05) is 7.11 Å². The monoisotopic (exact) mass is 390 g/mol. The Hall–Kier alpha value is -3.08. The van der Waals surface area contributed by atoms with Crippen molar-refractivity contribution in [1.29, 1.82) is 0 Å². The lowest BCUT2D eigenvalue weighted by atomic mass is 9.57. The molecule has 0 spiro atoms. The first-order valence-electron chi connectivity index (χ1n) is 9.93. The average molecular weight is 390 g/mol. The number of nitrogens with zero attached hydrogens (tertiary/aromatic N) is 1. The Balaban J connectivity index is 1.36. The highest BCUT2D eigenvalue weighted by Gasteiger charge is 2.48. The van der Waals surface area contributed by atoms with Gasteiger partial charge in [-0.25, -0.2) is 0 Å². The first-order chi connectivity index (χ1) is 14.0. The van der Waals surface area contributed by atoms with E-state index in [9.17, 15) is 4.79 Å². The predicted octanol–water partition coefficient (Wildman–Crippen LogP) is 4.74. The second-order valence-electron chi connectivity index (χ2n) is 8.26. The van der Waals surface area contributed by atoms with Gasteiger partial charge in [0.2, 0.25) is 0 Å². The zero-order valence-corrected chi connectivity index (χ0v) is 17.0. The fourth-order valence-electron chi connectivity index (χ4n) is 3.99. The number of carbonyl (C=O) groups is 1. The van der Waals surface area contributed by atoms with Crippen LogP contribution in [0.5, 0.6) is 5.75 Å². The molecule has 0 bridgehead atoms. The van der Waals surface area contributed by atoms with Gasteiger partial charge in [0.25, 0.3) is 5.91 Å². The predicted molar refractivity (Wildman–Crippen MR) is 112 cm³/mol. The molecule has 1 amide bonds. The quantitative estimate of drug-likeness (QED) is 0.660. The van der Waals surface area contributed by atoms with Crippen LogP contribution in [0.4, 0.5) is 0 Å². The van der Waals surface area contributed by atoms with Crippen LogP contribution in [0.3, 0.4) is 0 Å². The fourth-order valence-corrected chi connectivity index (χ4v) is 3.99. The molecular formula is C24H26N2O3. The maximum Gasteiger partial charge on any atom is 0.251 e. The number of amides is 1. The first kappa shape index (κ1) is 19.2. The number of nitrogens with one attached hydrogen (secondary N) is 1. The molecule has 150 valence electrons. The van der Waals surface area contributed by atoms with Crippen molar-refractivity contribution in [3.8, 4) is 17.1 Å². The Morgan fingerprint density at radius 2 is 1.90 bits per heavy atom. The molecule has 1 aromatic heterocycles. The minimum atomic E-state index is -0.0445. The van der Waals surface area contributed by atoms with Gasteiger partial charge in [-0.15, -0.1) is 0 Å². The summed E-state index contributed by atoms with van der Waals surface area (Å²) >= 11 is 0. The van der Waals surface area contributed by atoms with Crippen LogP contribution in [0, 0.1) is 11.3 Å². The summed E-state index contributed by atoms with van der Waals surface area (Å²) in [5, 5.41) is 7.44. The molecule has 4 rings (SSSR count). The Labute approximate surface area is 171 Å². The van der Waals surface area contributed by atoms with E-state index in [0.717, 1.165) is 35.6 Å². The minimum Gasteiger partial charge on any atom is -0.497 e. The Morgan fingerprint density at radius 1 is 1.17 bits per heavy atom. The normalized spacial score (nSPS) is 20.0. The number of carbonyl (C=O) groups excluding carboxylic acids is 1. The van der Waals surface area contributed by atoms with Gasteiger partial charge in [0, 0.05) is 23.2 Å². The van der Waals surface area contributed by atoms with E-state index in [-0.39, 0.29) is 17.4 Å². The molecule has 1 fully saturated rings. The van der Waals surface area contributed by atoms with E-state index >= 15 is 0 Å². The van der Waals surface area contributed by atoms with E-state index in [1.165, 1.54) is 0 Å². The summed E-state index contributed by atoms with van der Waals surface area (Å²) < 4.78 is 10.7. The average Bonchev–Trinajstić information content (AvgIpc) is 3.22. The van der Waals surface area contributed by atoms with Crippen LogP contribution in [0.1, 0.15) is 36.3 Å².